The van der Waals surface area contributed by atoms with Crippen LogP contribution in [0.5, 0.6) is 0 Å². The predicted octanol–water partition coefficient (Wildman–Crippen LogP) is 3.67. The van der Waals surface area contributed by atoms with E-state index < -0.39 is 0 Å². The van der Waals surface area contributed by atoms with E-state index in [9.17, 15) is 0 Å². The zero-order valence-corrected chi connectivity index (χ0v) is 12.3. The normalized spacial score (nSPS) is 20.5. The third-order valence-corrected chi connectivity index (χ3v) is 4.41. The van der Waals surface area contributed by atoms with Crippen molar-refractivity contribution in [3.05, 3.63) is 28.8 Å². The van der Waals surface area contributed by atoms with Crippen LogP contribution in [0.15, 0.2) is 18.2 Å². The molecule has 0 saturated carbocycles. The van der Waals surface area contributed by atoms with Crippen molar-refractivity contribution in [2.45, 2.75) is 33.7 Å². The molecule has 0 aliphatic carbocycles. The Hall–Kier alpha value is -0.730. The Balaban J connectivity index is 2.22. The zero-order valence-electron chi connectivity index (χ0n) is 11.5. The second-order valence-corrected chi connectivity index (χ2v) is 6.65. The largest absolute Gasteiger partial charge is 0.371 e. The SMILES string of the molecule is CC(C)(C)C1CCN(c2cccc(Cl)c2CN)C1. The molecular weight excluding hydrogens is 244 g/mol. The zero-order chi connectivity index (χ0) is 13.3. The number of rotatable bonds is 2. The summed E-state index contributed by atoms with van der Waals surface area (Å²) in [4.78, 5) is 2.43. The summed E-state index contributed by atoms with van der Waals surface area (Å²) >= 11 is 6.23. The molecule has 1 heterocycles. The van der Waals surface area contributed by atoms with Crippen molar-refractivity contribution in [3.63, 3.8) is 0 Å². The van der Waals surface area contributed by atoms with Crippen LogP contribution in [0.3, 0.4) is 0 Å². The van der Waals surface area contributed by atoms with E-state index in [2.05, 4.69) is 31.7 Å². The van der Waals surface area contributed by atoms with Crippen LogP contribution >= 0.6 is 11.6 Å². The molecule has 0 radical (unpaired) electrons. The van der Waals surface area contributed by atoms with E-state index in [0.29, 0.717) is 12.0 Å². The third-order valence-electron chi connectivity index (χ3n) is 4.05. The molecule has 2 N–H and O–H groups in total. The maximum Gasteiger partial charge on any atom is 0.0471 e. The van der Waals surface area contributed by atoms with Crippen LogP contribution in [0.25, 0.3) is 0 Å². The van der Waals surface area contributed by atoms with Crippen molar-refractivity contribution in [2.75, 3.05) is 18.0 Å². The molecule has 1 aromatic rings. The lowest BCUT2D eigenvalue weighted by Gasteiger charge is -2.28. The van der Waals surface area contributed by atoms with Crippen molar-refractivity contribution < 1.29 is 0 Å². The Labute approximate surface area is 115 Å². The van der Waals surface area contributed by atoms with Crippen LogP contribution in [0.4, 0.5) is 5.69 Å². The summed E-state index contributed by atoms with van der Waals surface area (Å²) in [7, 11) is 0. The number of nitrogens with two attached hydrogens (primary N) is 1. The van der Waals surface area contributed by atoms with Crippen LogP contribution in [-0.4, -0.2) is 13.1 Å². The highest BCUT2D eigenvalue weighted by atomic mass is 35.5. The van der Waals surface area contributed by atoms with Gasteiger partial charge in [0.1, 0.15) is 0 Å². The van der Waals surface area contributed by atoms with Gasteiger partial charge in [-0.25, -0.2) is 0 Å². The first kappa shape index (κ1) is 13.7. The number of nitrogens with zero attached hydrogens (tertiary/aromatic N) is 1. The van der Waals surface area contributed by atoms with E-state index in [-0.39, 0.29) is 0 Å². The van der Waals surface area contributed by atoms with Gasteiger partial charge in [-0.15, -0.1) is 0 Å². The number of hydrogen-bond donors (Lipinski definition) is 1. The van der Waals surface area contributed by atoms with Gasteiger partial charge in [0.2, 0.25) is 0 Å². The summed E-state index contributed by atoms with van der Waals surface area (Å²) in [5, 5.41) is 0.786. The van der Waals surface area contributed by atoms with Crippen LogP contribution in [-0.2, 0) is 6.54 Å². The number of benzene rings is 1. The molecule has 1 aliphatic heterocycles. The molecule has 0 spiro atoms. The van der Waals surface area contributed by atoms with Crippen molar-refractivity contribution >= 4 is 17.3 Å². The minimum Gasteiger partial charge on any atom is -0.371 e. The average Bonchev–Trinajstić information content (AvgIpc) is 2.77. The average molecular weight is 267 g/mol. The Morgan fingerprint density at radius 3 is 2.67 bits per heavy atom. The van der Waals surface area contributed by atoms with Crippen molar-refractivity contribution in [3.8, 4) is 0 Å². The second-order valence-electron chi connectivity index (χ2n) is 6.24. The molecular formula is C15H23ClN2. The van der Waals surface area contributed by atoms with Gasteiger partial charge in [-0.1, -0.05) is 38.4 Å². The smallest absolute Gasteiger partial charge is 0.0471 e. The first-order valence-electron chi connectivity index (χ1n) is 6.66. The highest BCUT2D eigenvalue weighted by Crippen LogP contribution is 2.37. The molecule has 18 heavy (non-hydrogen) atoms. The molecule has 0 bridgehead atoms. The van der Waals surface area contributed by atoms with Gasteiger partial charge in [0.05, 0.1) is 0 Å². The molecule has 100 valence electrons. The quantitative estimate of drug-likeness (QED) is 0.885. The minimum absolute atomic E-state index is 0.371. The molecule has 0 amide bonds. The van der Waals surface area contributed by atoms with E-state index in [1.54, 1.807) is 0 Å². The van der Waals surface area contributed by atoms with Gasteiger partial charge in [0.25, 0.3) is 0 Å². The van der Waals surface area contributed by atoms with E-state index in [1.807, 2.05) is 12.1 Å². The van der Waals surface area contributed by atoms with E-state index in [4.69, 9.17) is 17.3 Å². The van der Waals surface area contributed by atoms with Gasteiger partial charge in [0, 0.05) is 35.9 Å². The van der Waals surface area contributed by atoms with Gasteiger partial charge in [0.15, 0.2) is 0 Å². The van der Waals surface area contributed by atoms with Crippen molar-refractivity contribution in [1.29, 1.82) is 0 Å². The van der Waals surface area contributed by atoms with Crippen LogP contribution < -0.4 is 10.6 Å². The molecule has 2 nitrogen and oxygen atoms in total. The summed E-state index contributed by atoms with van der Waals surface area (Å²) in [6.45, 7) is 9.69. The fourth-order valence-electron chi connectivity index (χ4n) is 2.73. The van der Waals surface area contributed by atoms with Gasteiger partial charge in [-0.05, 0) is 29.9 Å². The second kappa shape index (κ2) is 5.10. The summed E-state index contributed by atoms with van der Waals surface area (Å²) in [5.74, 6) is 0.738. The number of anilines is 1. The first-order chi connectivity index (χ1) is 8.43. The van der Waals surface area contributed by atoms with Crippen LogP contribution in [0.1, 0.15) is 32.8 Å². The topological polar surface area (TPSA) is 29.3 Å². The Morgan fingerprint density at radius 1 is 1.39 bits per heavy atom. The summed E-state index contributed by atoms with van der Waals surface area (Å²) in [5.41, 5.74) is 8.50. The predicted molar refractivity (Wildman–Crippen MR) is 79.1 cm³/mol. The summed E-state index contributed by atoms with van der Waals surface area (Å²) in [6.07, 6.45) is 1.25. The van der Waals surface area contributed by atoms with Crippen molar-refractivity contribution in [1.82, 2.24) is 0 Å². The molecule has 3 heteroatoms. The number of hydrogen-bond acceptors (Lipinski definition) is 2. The maximum absolute atomic E-state index is 6.23. The third kappa shape index (κ3) is 2.65. The fraction of sp³-hybridized carbons (Fsp3) is 0.600. The molecule has 1 aliphatic rings. The Morgan fingerprint density at radius 2 is 2.11 bits per heavy atom. The summed E-state index contributed by atoms with van der Waals surface area (Å²) in [6, 6.07) is 6.07. The molecule has 2 rings (SSSR count). The molecule has 1 fully saturated rings. The molecule has 1 aromatic carbocycles. The highest BCUT2D eigenvalue weighted by molar-refractivity contribution is 6.31. The van der Waals surface area contributed by atoms with Gasteiger partial charge >= 0.3 is 0 Å². The van der Waals surface area contributed by atoms with Gasteiger partial charge in [-0.3, -0.25) is 0 Å². The maximum atomic E-state index is 6.23. The minimum atomic E-state index is 0.371. The molecule has 1 unspecified atom stereocenters. The Bertz CT molecular complexity index is 423. The van der Waals surface area contributed by atoms with E-state index in [1.165, 1.54) is 12.1 Å². The Kier molecular flexibility index (Phi) is 3.88. The monoisotopic (exact) mass is 266 g/mol. The lowest BCUT2D eigenvalue weighted by molar-refractivity contribution is 0.263. The molecule has 1 atom stereocenters. The first-order valence-corrected chi connectivity index (χ1v) is 7.03. The number of halogens is 1. The molecule has 1 saturated heterocycles. The van der Waals surface area contributed by atoms with Crippen molar-refractivity contribution in [2.24, 2.45) is 17.1 Å². The van der Waals surface area contributed by atoms with Crippen LogP contribution in [0, 0.1) is 11.3 Å². The summed E-state index contributed by atoms with van der Waals surface area (Å²) < 4.78 is 0. The van der Waals surface area contributed by atoms with Crippen LogP contribution in [0.2, 0.25) is 5.02 Å². The standard InChI is InChI=1S/C15H23ClN2/c1-15(2,3)11-7-8-18(10-11)14-6-4-5-13(16)12(14)9-17/h4-6,11H,7-10,17H2,1-3H3. The highest BCUT2D eigenvalue weighted by Gasteiger charge is 2.32. The lowest BCUT2D eigenvalue weighted by atomic mass is 9.80. The molecule has 0 aromatic heterocycles. The van der Waals surface area contributed by atoms with Gasteiger partial charge in [-0.2, -0.15) is 0 Å². The van der Waals surface area contributed by atoms with Gasteiger partial charge < -0.3 is 10.6 Å². The lowest BCUT2D eigenvalue weighted by Crippen LogP contribution is -2.26. The van der Waals surface area contributed by atoms with E-state index >= 15 is 0 Å². The van der Waals surface area contributed by atoms with E-state index in [0.717, 1.165) is 29.6 Å². The fourth-order valence-corrected chi connectivity index (χ4v) is 2.98.